The first-order valence-electron chi connectivity index (χ1n) is 8.08. The first kappa shape index (κ1) is 19.3. The molecule has 0 spiro atoms. The van der Waals surface area contributed by atoms with Crippen molar-refractivity contribution in [3.05, 3.63) is 62.1 Å². The third-order valence-corrected chi connectivity index (χ3v) is 4.15. The molecule has 0 amide bonds. The predicted molar refractivity (Wildman–Crippen MR) is 93.6 cm³/mol. The number of hydrogen-bond acceptors (Lipinski definition) is 7. The van der Waals surface area contributed by atoms with Gasteiger partial charge in [-0.15, -0.1) is 0 Å². The molecule has 0 saturated carbocycles. The summed E-state index contributed by atoms with van der Waals surface area (Å²) in [4.78, 5) is 14.0. The number of fused-ring (bicyclic) bond motifs is 1. The van der Waals surface area contributed by atoms with Crippen LogP contribution in [-0.2, 0) is 6.18 Å². The first-order valence-corrected chi connectivity index (χ1v) is 8.08. The lowest BCUT2D eigenvalue weighted by molar-refractivity contribution is -0.385. The van der Waals surface area contributed by atoms with E-state index >= 15 is 0 Å². The standard InChI is InChI=1S/C17H16F3N5O3/c1-9(10-3-12(17(18,19)20)5-13(4-10)25(27)28)22-16-14-6-15(26)21-7-11(14)8-24(2)23-16/h3-9,22-23,26H,1-2H3/t9-/m1/s1. The highest BCUT2D eigenvalue weighted by atomic mass is 19.4. The quantitative estimate of drug-likeness (QED) is 0.530. The molecule has 148 valence electrons. The van der Waals surface area contributed by atoms with Crippen LogP contribution in [0, 0.1) is 10.1 Å². The first-order chi connectivity index (χ1) is 13.0. The van der Waals surface area contributed by atoms with Crippen LogP contribution in [0.25, 0.3) is 12.0 Å². The minimum Gasteiger partial charge on any atom is -0.493 e. The van der Waals surface area contributed by atoms with Crippen LogP contribution >= 0.6 is 0 Å². The summed E-state index contributed by atoms with van der Waals surface area (Å²) in [6.45, 7) is 1.58. The molecular formula is C17H16F3N5O3. The number of hydrazine groups is 1. The van der Waals surface area contributed by atoms with Gasteiger partial charge in [-0.1, -0.05) is 0 Å². The van der Waals surface area contributed by atoms with Gasteiger partial charge < -0.3 is 10.4 Å². The minimum absolute atomic E-state index is 0.0906. The predicted octanol–water partition coefficient (Wildman–Crippen LogP) is 1.32. The van der Waals surface area contributed by atoms with E-state index in [4.69, 9.17) is 0 Å². The fourth-order valence-electron chi connectivity index (χ4n) is 2.82. The second-order valence-electron chi connectivity index (χ2n) is 6.29. The highest BCUT2D eigenvalue weighted by Gasteiger charge is 2.33. The number of benzene rings is 1. The highest BCUT2D eigenvalue weighted by Crippen LogP contribution is 2.34. The molecule has 0 fully saturated rings. The highest BCUT2D eigenvalue weighted by molar-refractivity contribution is 5.48. The Morgan fingerprint density at radius 3 is 2.68 bits per heavy atom. The van der Waals surface area contributed by atoms with Gasteiger partial charge in [0.15, 0.2) is 0 Å². The van der Waals surface area contributed by atoms with Crippen molar-refractivity contribution in [3.63, 3.8) is 0 Å². The van der Waals surface area contributed by atoms with Crippen molar-refractivity contribution in [3.8, 4) is 5.88 Å². The van der Waals surface area contributed by atoms with Crippen molar-refractivity contribution in [1.29, 1.82) is 0 Å². The molecule has 8 nitrogen and oxygen atoms in total. The van der Waals surface area contributed by atoms with Gasteiger partial charge in [-0.25, -0.2) is 4.98 Å². The van der Waals surface area contributed by atoms with E-state index in [1.165, 1.54) is 12.3 Å². The van der Waals surface area contributed by atoms with E-state index in [2.05, 4.69) is 15.7 Å². The van der Waals surface area contributed by atoms with Gasteiger partial charge in [-0.3, -0.25) is 20.5 Å². The zero-order chi connectivity index (χ0) is 20.6. The molecule has 1 atom stereocenters. The molecule has 11 heteroatoms. The molecule has 28 heavy (non-hydrogen) atoms. The molecule has 0 bridgehead atoms. The van der Waals surface area contributed by atoms with Crippen molar-refractivity contribution in [2.45, 2.75) is 19.1 Å². The molecule has 0 aliphatic carbocycles. The van der Waals surface area contributed by atoms with Gasteiger partial charge in [0, 0.05) is 48.1 Å². The molecule has 0 saturated heterocycles. The summed E-state index contributed by atoms with van der Waals surface area (Å²) in [7, 11) is 1.71. The van der Waals surface area contributed by atoms with Crippen LogP contribution in [-0.4, -0.2) is 27.1 Å². The Labute approximate surface area is 156 Å². The number of nitrogens with zero attached hydrogens (tertiary/aromatic N) is 3. The number of aromatic nitrogens is 1. The Balaban J connectivity index is 2.05. The zero-order valence-corrected chi connectivity index (χ0v) is 14.8. The number of aromatic hydroxyl groups is 1. The molecule has 1 aliphatic heterocycles. The summed E-state index contributed by atoms with van der Waals surface area (Å²) >= 11 is 0. The van der Waals surface area contributed by atoms with E-state index in [1.54, 1.807) is 25.2 Å². The lowest BCUT2D eigenvalue weighted by Crippen LogP contribution is -2.48. The number of halogens is 3. The number of nitro benzene ring substituents is 1. The van der Waals surface area contributed by atoms with E-state index in [0.29, 0.717) is 22.3 Å². The Morgan fingerprint density at radius 2 is 2.04 bits per heavy atom. The Hall–Kier alpha value is -3.50. The number of alkyl halides is 3. The SMILES string of the molecule is C[C@@H](NC1=c2cc(O)ncc2=CN(C)N1)c1cc([N+](=O)[O-])cc(C(F)(F)F)c1. The molecule has 0 radical (unpaired) electrons. The molecule has 0 unspecified atom stereocenters. The van der Waals surface area contributed by atoms with Crippen molar-refractivity contribution in [2.75, 3.05) is 7.05 Å². The topological polar surface area (TPSA) is 104 Å². The van der Waals surface area contributed by atoms with E-state index in [9.17, 15) is 28.4 Å². The van der Waals surface area contributed by atoms with Crippen LogP contribution in [0.5, 0.6) is 5.88 Å². The maximum absolute atomic E-state index is 13.1. The van der Waals surface area contributed by atoms with Crippen LogP contribution in [0.15, 0.2) is 30.5 Å². The van der Waals surface area contributed by atoms with Crippen LogP contribution in [0.2, 0.25) is 0 Å². The number of pyridine rings is 1. The molecule has 2 aromatic rings. The summed E-state index contributed by atoms with van der Waals surface area (Å²) in [6.07, 6.45) is -1.55. The maximum Gasteiger partial charge on any atom is 0.416 e. The smallest absolute Gasteiger partial charge is 0.416 e. The average molecular weight is 395 g/mol. The van der Waals surface area contributed by atoms with Crippen LogP contribution in [0.4, 0.5) is 18.9 Å². The van der Waals surface area contributed by atoms with Gasteiger partial charge >= 0.3 is 6.18 Å². The van der Waals surface area contributed by atoms with Gasteiger partial charge in [0.05, 0.1) is 16.5 Å². The fourth-order valence-corrected chi connectivity index (χ4v) is 2.82. The Morgan fingerprint density at radius 1 is 1.32 bits per heavy atom. The van der Waals surface area contributed by atoms with Crippen molar-refractivity contribution in [2.24, 2.45) is 0 Å². The fraction of sp³-hybridized carbons (Fsp3) is 0.235. The monoisotopic (exact) mass is 395 g/mol. The van der Waals surface area contributed by atoms with Crippen LogP contribution in [0.3, 0.4) is 0 Å². The Kier molecular flexibility index (Phi) is 4.75. The third kappa shape index (κ3) is 3.92. The average Bonchev–Trinajstić information content (AvgIpc) is 2.61. The molecule has 3 rings (SSSR count). The molecular weight excluding hydrogens is 379 g/mol. The van der Waals surface area contributed by atoms with E-state index in [1.807, 2.05) is 0 Å². The molecule has 1 aromatic carbocycles. The summed E-state index contributed by atoms with van der Waals surface area (Å²) in [5, 5.41) is 26.5. The van der Waals surface area contributed by atoms with E-state index in [-0.39, 0.29) is 11.4 Å². The third-order valence-electron chi connectivity index (χ3n) is 4.15. The van der Waals surface area contributed by atoms with E-state index < -0.39 is 28.4 Å². The number of rotatable bonds is 4. The second-order valence-corrected chi connectivity index (χ2v) is 6.29. The summed E-state index contributed by atoms with van der Waals surface area (Å²) in [5.74, 6) is 0.186. The number of hydrogen-bond donors (Lipinski definition) is 3. The second kappa shape index (κ2) is 6.91. The van der Waals surface area contributed by atoms with E-state index in [0.717, 1.165) is 12.1 Å². The largest absolute Gasteiger partial charge is 0.493 e. The number of nitrogens with one attached hydrogen (secondary N) is 2. The summed E-state index contributed by atoms with van der Waals surface area (Å²) in [5.41, 5.74) is 1.32. The number of non-ortho nitro benzene ring substituents is 1. The van der Waals surface area contributed by atoms with Gasteiger partial charge in [0.25, 0.3) is 5.69 Å². The number of nitro groups is 1. The van der Waals surface area contributed by atoms with Crippen LogP contribution in [0.1, 0.15) is 24.1 Å². The van der Waals surface area contributed by atoms with Gasteiger partial charge in [0.2, 0.25) is 5.88 Å². The van der Waals surface area contributed by atoms with Gasteiger partial charge in [0.1, 0.15) is 5.82 Å². The summed E-state index contributed by atoms with van der Waals surface area (Å²) in [6, 6.07) is 3.16. The molecule has 3 N–H and O–H groups in total. The molecule has 1 aromatic heterocycles. The normalized spacial score (nSPS) is 14.6. The molecule has 2 heterocycles. The van der Waals surface area contributed by atoms with Crippen molar-refractivity contribution < 1.29 is 23.2 Å². The van der Waals surface area contributed by atoms with Gasteiger partial charge in [-0.05, 0) is 18.6 Å². The minimum atomic E-state index is -4.71. The van der Waals surface area contributed by atoms with Crippen molar-refractivity contribution in [1.82, 2.24) is 20.7 Å². The lowest BCUT2D eigenvalue weighted by atomic mass is 10.0. The van der Waals surface area contributed by atoms with Crippen LogP contribution < -0.4 is 21.2 Å². The summed E-state index contributed by atoms with van der Waals surface area (Å²) < 4.78 is 39.4. The molecule has 1 aliphatic rings. The van der Waals surface area contributed by atoms with Gasteiger partial charge in [-0.2, -0.15) is 13.2 Å². The lowest BCUT2D eigenvalue weighted by Gasteiger charge is -2.27. The zero-order valence-electron chi connectivity index (χ0n) is 14.8. The maximum atomic E-state index is 13.1. The Bertz CT molecular complexity index is 1050. The van der Waals surface area contributed by atoms with Crippen molar-refractivity contribution >= 4 is 17.7 Å².